The number of β-lactam (4-membered cyclic amide) rings is 1. The lowest BCUT2D eigenvalue weighted by molar-refractivity contribution is -0.140. The summed E-state index contributed by atoms with van der Waals surface area (Å²) in [5.41, 5.74) is 8.58. The molecule has 0 aromatic heterocycles. The number of benzene rings is 1. The molecule has 1 aromatic rings. The Labute approximate surface area is 175 Å². The number of carbonyl (C=O) groups excluding carboxylic acids is 1. The van der Waals surface area contributed by atoms with Crippen molar-refractivity contribution in [3.05, 3.63) is 41.1 Å². The molecule has 2 N–H and O–H groups in total. The van der Waals surface area contributed by atoms with Crippen LogP contribution in [0.4, 0.5) is 0 Å². The van der Waals surface area contributed by atoms with Gasteiger partial charge in [-0.2, -0.15) is 0 Å². The van der Waals surface area contributed by atoms with E-state index in [9.17, 15) is 4.79 Å². The molecule has 144 valence electrons. The van der Waals surface area contributed by atoms with Crippen molar-refractivity contribution in [1.29, 1.82) is 0 Å². The molecule has 8 heteroatoms. The number of carbonyl (C=O) groups is 1. The molecular formula is C19H21ClN2O3S2. The number of nitrogens with two attached hydrogens (primary N) is 1. The molecule has 0 aliphatic carbocycles. The van der Waals surface area contributed by atoms with Crippen molar-refractivity contribution in [2.24, 2.45) is 5.73 Å². The first-order valence-electron chi connectivity index (χ1n) is 8.18. The lowest BCUT2D eigenvalue weighted by atomic mass is 10.0. The topological polar surface area (TPSA) is 64.8 Å². The predicted octanol–water partition coefficient (Wildman–Crippen LogP) is 2.87. The summed E-state index contributed by atoms with van der Waals surface area (Å²) in [6, 6.07) is 7.11. The van der Waals surface area contributed by atoms with Crippen LogP contribution in [0, 0.1) is 11.8 Å². The van der Waals surface area contributed by atoms with Gasteiger partial charge in [-0.1, -0.05) is 18.1 Å². The van der Waals surface area contributed by atoms with Crippen molar-refractivity contribution >= 4 is 47.3 Å². The highest BCUT2D eigenvalue weighted by Crippen LogP contribution is 2.40. The number of nitrogens with zero attached hydrogens (tertiary/aromatic N) is 1. The second-order valence-corrected chi connectivity index (χ2v) is 7.39. The van der Waals surface area contributed by atoms with E-state index in [0.717, 1.165) is 22.6 Å². The SMILES string of the molecule is CC#CCC1=C(C(=S)OCc2ccc(OC)cc2)N2C(=O)[C@@H](N)[C@H]2SC1.Cl. The zero-order chi connectivity index (χ0) is 18.7. The fourth-order valence-electron chi connectivity index (χ4n) is 2.84. The molecular weight excluding hydrogens is 404 g/mol. The molecule has 1 fully saturated rings. The van der Waals surface area contributed by atoms with Crippen LogP contribution in [0.5, 0.6) is 5.75 Å². The maximum absolute atomic E-state index is 12.3. The number of rotatable bonds is 5. The van der Waals surface area contributed by atoms with Crippen LogP contribution in [0.25, 0.3) is 0 Å². The number of hydrogen-bond acceptors (Lipinski definition) is 6. The highest BCUT2D eigenvalue weighted by molar-refractivity contribution is 8.00. The maximum Gasteiger partial charge on any atom is 0.248 e. The van der Waals surface area contributed by atoms with Crippen LogP contribution in [0.2, 0.25) is 0 Å². The molecule has 2 atom stereocenters. The number of ether oxygens (including phenoxy) is 2. The average Bonchev–Trinajstić information content (AvgIpc) is 2.69. The Balaban J connectivity index is 0.00000261. The fourth-order valence-corrected chi connectivity index (χ4v) is 4.43. The van der Waals surface area contributed by atoms with Gasteiger partial charge in [0.25, 0.3) is 0 Å². The molecule has 1 amide bonds. The molecule has 0 spiro atoms. The Hall–Kier alpha value is -1.72. The van der Waals surface area contributed by atoms with E-state index in [1.165, 1.54) is 0 Å². The van der Waals surface area contributed by atoms with E-state index in [1.807, 2.05) is 24.3 Å². The number of amides is 1. The number of fused-ring (bicyclic) bond motifs is 1. The minimum Gasteiger partial charge on any atom is -0.497 e. The smallest absolute Gasteiger partial charge is 0.248 e. The van der Waals surface area contributed by atoms with Gasteiger partial charge in [0, 0.05) is 12.2 Å². The van der Waals surface area contributed by atoms with E-state index in [1.54, 1.807) is 30.7 Å². The molecule has 2 aliphatic heterocycles. The van der Waals surface area contributed by atoms with Crippen LogP contribution in [0.3, 0.4) is 0 Å². The molecule has 1 aromatic carbocycles. The van der Waals surface area contributed by atoms with Crippen LogP contribution in [0.15, 0.2) is 35.5 Å². The van der Waals surface area contributed by atoms with Gasteiger partial charge in [0.15, 0.2) is 0 Å². The van der Waals surface area contributed by atoms with E-state index in [-0.39, 0.29) is 23.7 Å². The summed E-state index contributed by atoms with van der Waals surface area (Å²) in [5.74, 6) is 7.36. The highest BCUT2D eigenvalue weighted by atomic mass is 35.5. The van der Waals surface area contributed by atoms with Crippen LogP contribution in [0.1, 0.15) is 18.9 Å². The van der Waals surface area contributed by atoms with E-state index >= 15 is 0 Å². The van der Waals surface area contributed by atoms with Gasteiger partial charge in [-0.3, -0.25) is 9.69 Å². The van der Waals surface area contributed by atoms with Crippen LogP contribution < -0.4 is 10.5 Å². The normalized spacial score (nSPS) is 20.6. The van der Waals surface area contributed by atoms with Gasteiger partial charge in [0.1, 0.15) is 23.8 Å². The van der Waals surface area contributed by atoms with Crippen molar-refractivity contribution in [3.63, 3.8) is 0 Å². The fraction of sp³-hybridized carbons (Fsp3) is 0.368. The second-order valence-electron chi connectivity index (χ2n) is 5.92. The van der Waals surface area contributed by atoms with Gasteiger partial charge >= 0.3 is 0 Å². The third-order valence-electron chi connectivity index (χ3n) is 4.29. The number of hydrogen-bond donors (Lipinski definition) is 1. The quantitative estimate of drug-likeness (QED) is 0.445. The van der Waals surface area contributed by atoms with Crippen molar-refractivity contribution in [3.8, 4) is 17.6 Å². The first-order chi connectivity index (χ1) is 12.6. The number of halogens is 1. The van der Waals surface area contributed by atoms with Gasteiger partial charge in [-0.25, -0.2) is 0 Å². The summed E-state index contributed by atoms with van der Waals surface area (Å²) in [6.45, 7) is 2.12. The van der Waals surface area contributed by atoms with E-state index in [4.69, 9.17) is 27.4 Å². The van der Waals surface area contributed by atoms with E-state index in [0.29, 0.717) is 23.8 Å². The Kier molecular flexibility index (Phi) is 7.57. The third-order valence-corrected chi connectivity index (χ3v) is 5.96. The van der Waals surface area contributed by atoms with Gasteiger partial charge in [-0.05, 0) is 42.4 Å². The predicted molar refractivity (Wildman–Crippen MR) is 114 cm³/mol. The lowest BCUT2D eigenvalue weighted by Crippen LogP contribution is -2.68. The summed E-state index contributed by atoms with van der Waals surface area (Å²) in [7, 11) is 1.63. The minimum absolute atomic E-state index is 0. The van der Waals surface area contributed by atoms with Crippen molar-refractivity contribution in [2.75, 3.05) is 12.9 Å². The molecule has 2 heterocycles. The first kappa shape index (κ1) is 21.6. The Bertz CT molecular complexity index is 814. The van der Waals surface area contributed by atoms with Gasteiger partial charge < -0.3 is 15.2 Å². The van der Waals surface area contributed by atoms with E-state index in [2.05, 4.69) is 11.8 Å². The molecule has 3 rings (SSSR count). The van der Waals surface area contributed by atoms with Gasteiger partial charge in [0.2, 0.25) is 11.0 Å². The Morgan fingerprint density at radius 3 is 2.74 bits per heavy atom. The summed E-state index contributed by atoms with van der Waals surface area (Å²) >= 11 is 7.16. The Morgan fingerprint density at radius 1 is 1.41 bits per heavy atom. The largest absolute Gasteiger partial charge is 0.497 e. The molecule has 0 unspecified atom stereocenters. The zero-order valence-corrected chi connectivity index (χ0v) is 17.5. The van der Waals surface area contributed by atoms with Crippen molar-refractivity contribution in [1.82, 2.24) is 4.90 Å². The molecule has 5 nitrogen and oxygen atoms in total. The van der Waals surface area contributed by atoms with Crippen molar-refractivity contribution in [2.45, 2.75) is 31.4 Å². The van der Waals surface area contributed by atoms with Crippen LogP contribution in [-0.2, 0) is 16.1 Å². The Morgan fingerprint density at radius 2 is 2.11 bits per heavy atom. The zero-order valence-electron chi connectivity index (χ0n) is 15.1. The number of methoxy groups -OCH3 is 1. The first-order valence-corrected chi connectivity index (χ1v) is 9.64. The molecule has 2 aliphatic rings. The van der Waals surface area contributed by atoms with Crippen LogP contribution in [-0.4, -0.2) is 40.1 Å². The number of thiocarbonyl (C=S) groups is 1. The number of thioether (sulfide) groups is 1. The van der Waals surface area contributed by atoms with Crippen LogP contribution >= 0.6 is 36.4 Å². The summed E-state index contributed by atoms with van der Waals surface area (Å²) in [5, 5.41) is 0.248. The molecule has 27 heavy (non-hydrogen) atoms. The summed E-state index contributed by atoms with van der Waals surface area (Å²) in [4.78, 5) is 13.9. The molecule has 0 bridgehead atoms. The van der Waals surface area contributed by atoms with E-state index < -0.39 is 6.04 Å². The summed E-state index contributed by atoms with van der Waals surface area (Å²) in [6.07, 6.45) is 0.566. The van der Waals surface area contributed by atoms with Gasteiger partial charge in [-0.15, -0.1) is 30.1 Å². The highest BCUT2D eigenvalue weighted by Gasteiger charge is 2.51. The van der Waals surface area contributed by atoms with Crippen molar-refractivity contribution < 1.29 is 14.3 Å². The third kappa shape index (κ3) is 4.41. The lowest BCUT2D eigenvalue weighted by Gasteiger charge is -2.48. The minimum atomic E-state index is -0.474. The molecule has 0 saturated carbocycles. The second kappa shape index (κ2) is 9.47. The maximum atomic E-state index is 12.3. The monoisotopic (exact) mass is 424 g/mol. The molecule has 0 radical (unpaired) electrons. The standard InChI is InChI=1S/C19H20N2O3S2.ClH/c1-3-4-5-13-11-26-18-15(20)17(22)21(18)16(13)19(25)24-10-12-6-8-14(23-2)9-7-12;/h6-9,15,18H,5,10-11,20H2,1-2H3;1H/t15-,18-;/m1./s1. The van der Waals surface area contributed by atoms with Gasteiger partial charge in [0.05, 0.1) is 12.8 Å². The average molecular weight is 425 g/mol. The summed E-state index contributed by atoms with van der Waals surface area (Å²) < 4.78 is 11.0. The molecule has 1 saturated heterocycles.